The van der Waals surface area contributed by atoms with Gasteiger partial charge in [0.25, 0.3) is 16.8 Å². The molecule has 11 heteroatoms. The van der Waals surface area contributed by atoms with Crippen molar-refractivity contribution in [3.05, 3.63) is 56.1 Å². The number of carboxylic acid groups (broad SMARTS) is 1. The zero-order valence-electron chi connectivity index (χ0n) is 13.2. The highest BCUT2D eigenvalue weighted by atomic mass is 35.5. The van der Waals surface area contributed by atoms with E-state index in [0.29, 0.717) is 16.7 Å². The van der Waals surface area contributed by atoms with Crippen molar-refractivity contribution in [1.82, 2.24) is 4.90 Å². The zero-order chi connectivity index (χ0) is 19.7. The fourth-order valence-electron chi connectivity index (χ4n) is 2.34. The van der Waals surface area contributed by atoms with Crippen LogP contribution in [0.2, 0.25) is 5.02 Å². The fourth-order valence-corrected chi connectivity index (χ4v) is 3.32. The van der Waals surface area contributed by atoms with Gasteiger partial charge in [-0.25, -0.2) is 0 Å². The van der Waals surface area contributed by atoms with Gasteiger partial charge in [-0.2, -0.15) is 0 Å². The number of nitrogens with zero attached hydrogens (tertiary/aromatic N) is 2. The Kier molecular flexibility index (Phi) is 5.02. The molecule has 3 rings (SSSR count). The van der Waals surface area contributed by atoms with Crippen LogP contribution in [0.5, 0.6) is 0 Å². The van der Waals surface area contributed by atoms with E-state index >= 15 is 0 Å². The summed E-state index contributed by atoms with van der Waals surface area (Å²) in [6.07, 6.45) is 1.28. The van der Waals surface area contributed by atoms with E-state index in [1.54, 1.807) is 0 Å². The molecule has 2 amide bonds. The minimum Gasteiger partial charge on any atom is -0.480 e. The second-order valence-corrected chi connectivity index (χ2v) is 6.71. The number of halogens is 1. The molecule has 0 bridgehead atoms. The topological polar surface area (TPSA) is 131 Å². The summed E-state index contributed by atoms with van der Waals surface area (Å²) < 4.78 is 5.53. The predicted octanol–water partition coefficient (Wildman–Crippen LogP) is 3.63. The number of benzene rings is 1. The van der Waals surface area contributed by atoms with Crippen molar-refractivity contribution < 1.29 is 28.8 Å². The van der Waals surface area contributed by atoms with Gasteiger partial charge in [-0.3, -0.25) is 29.4 Å². The molecule has 1 aliphatic rings. The molecule has 1 fully saturated rings. The minimum atomic E-state index is -1.31. The van der Waals surface area contributed by atoms with E-state index < -0.39 is 28.6 Å². The Morgan fingerprint density at radius 3 is 2.74 bits per heavy atom. The Labute approximate surface area is 160 Å². The second-order valence-electron chi connectivity index (χ2n) is 5.28. The number of furan rings is 1. The quantitative estimate of drug-likeness (QED) is 0.450. The number of thioether (sulfide) groups is 1. The summed E-state index contributed by atoms with van der Waals surface area (Å²) in [5.74, 6) is -1.71. The summed E-state index contributed by atoms with van der Waals surface area (Å²) >= 11 is 6.37. The van der Waals surface area contributed by atoms with E-state index in [1.807, 2.05) is 0 Å². The first-order valence-electron chi connectivity index (χ1n) is 7.27. The summed E-state index contributed by atoms with van der Waals surface area (Å²) in [5.41, 5.74) is -0.0480. The Morgan fingerprint density at radius 1 is 1.33 bits per heavy atom. The maximum absolute atomic E-state index is 12.1. The fraction of sp³-hybridized carbons (Fsp3) is 0.0625. The molecule has 0 spiro atoms. The summed E-state index contributed by atoms with van der Waals surface area (Å²) in [6.45, 7) is -0.734. The standard InChI is InChI=1S/C16H9ClN2O7S/c17-8-1-3-10(11(5-8)19(24)25)12-4-2-9(26-12)6-13-15(22)18(7-14(20)21)16(23)27-13/h1-6H,7H2,(H,20,21)/b13-6-. The van der Waals surface area contributed by atoms with Crippen LogP contribution < -0.4 is 0 Å². The number of amides is 2. The molecule has 2 heterocycles. The van der Waals surface area contributed by atoms with Crippen LogP contribution in [0.4, 0.5) is 10.5 Å². The van der Waals surface area contributed by atoms with Gasteiger partial charge in [0.2, 0.25) is 0 Å². The van der Waals surface area contributed by atoms with Crippen molar-refractivity contribution in [2.45, 2.75) is 0 Å². The first kappa shape index (κ1) is 18.7. The molecule has 1 N–H and O–H groups in total. The van der Waals surface area contributed by atoms with Gasteiger partial charge in [0, 0.05) is 17.2 Å². The lowest BCUT2D eigenvalue weighted by Gasteiger charge is -2.07. The first-order chi connectivity index (χ1) is 12.8. The third-order valence-corrected chi connectivity index (χ3v) is 4.63. The molecule has 9 nitrogen and oxygen atoms in total. The Hall–Kier alpha value is -3.11. The molecule has 138 valence electrons. The van der Waals surface area contributed by atoms with E-state index in [-0.39, 0.29) is 32.7 Å². The molecule has 1 aromatic heterocycles. The van der Waals surface area contributed by atoms with Crippen LogP contribution in [0.25, 0.3) is 17.4 Å². The maximum atomic E-state index is 12.1. The molecule has 0 radical (unpaired) electrons. The number of hydrogen-bond acceptors (Lipinski definition) is 7. The molecule has 0 unspecified atom stereocenters. The number of aliphatic carboxylic acids is 1. The molecule has 0 atom stereocenters. The van der Waals surface area contributed by atoms with Crippen LogP contribution in [0.3, 0.4) is 0 Å². The van der Waals surface area contributed by atoms with Gasteiger partial charge in [-0.15, -0.1) is 0 Å². The van der Waals surface area contributed by atoms with Gasteiger partial charge in [0.05, 0.1) is 15.4 Å². The van der Waals surface area contributed by atoms with E-state index in [4.69, 9.17) is 21.1 Å². The van der Waals surface area contributed by atoms with Crippen LogP contribution in [-0.2, 0) is 9.59 Å². The molecule has 0 aliphatic carbocycles. The maximum Gasteiger partial charge on any atom is 0.323 e. The highest BCUT2D eigenvalue weighted by Gasteiger charge is 2.36. The number of carbonyl (C=O) groups is 3. The molecule has 1 saturated heterocycles. The molecule has 1 aromatic carbocycles. The van der Waals surface area contributed by atoms with E-state index in [1.165, 1.54) is 36.4 Å². The summed E-state index contributed by atoms with van der Waals surface area (Å²) in [5, 5.41) is 19.4. The average Bonchev–Trinajstić information content (AvgIpc) is 3.15. The van der Waals surface area contributed by atoms with E-state index in [9.17, 15) is 24.5 Å². The highest BCUT2D eigenvalue weighted by Crippen LogP contribution is 2.36. The van der Waals surface area contributed by atoms with Gasteiger partial charge in [-0.05, 0) is 36.0 Å². The summed E-state index contributed by atoms with van der Waals surface area (Å²) in [4.78, 5) is 45.8. The monoisotopic (exact) mass is 408 g/mol. The lowest BCUT2D eigenvalue weighted by molar-refractivity contribution is -0.384. The van der Waals surface area contributed by atoms with Crippen molar-refractivity contribution in [1.29, 1.82) is 0 Å². The van der Waals surface area contributed by atoms with Crippen molar-refractivity contribution in [3.63, 3.8) is 0 Å². The molecular weight excluding hydrogens is 400 g/mol. The predicted molar refractivity (Wildman–Crippen MR) is 96.1 cm³/mol. The number of nitro benzene ring substituents is 1. The molecular formula is C16H9ClN2O7S. The number of hydrogen-bond donors (Lipinski definition) is 1. The Bertz CT molecular complexity index is 1010. The van der Waals surface area contributed by atoms with Gasteiger partial charge >= 0.3 is 5.97 Å². The average molecular weight is 409 g/mol. The third-order valence-electron chi connectivity index (χ3n) is 3.49. The molecule has 1 aliphatic heterocycles. The van der Waals surface area contributed by atoms with Crippen LogP contribution in [0, 0.1) is 10.1 Å². The smallest absolute Gasteiger partial charge is 0.323 e. The van der Waals surface area contributed by atoms with E-state index in [0.717, 1.165) is 0 Å². The van der Waals surface area contributed by atoms with Crippen molar-refractivity contribution >= 4 is 52.2 Å². The molecule has 0 saturated carbocycles. The third kappa shape index (κ3) is 3.86. The van der Waals surface area contributed by atoms with Crippen LogP contribution >= 0.6 is 23.4 Å². The number of carboxylic acids is 1. The SMILES string of the molecule is O=C(O)CN1C(=O)S/C(=C\c2ccc(-c3ccc(Cl)cc3[N+](=O)[O-])o2)C1=O. The number of rotatable bonds is 5. The molecule has 2 aromatic rings. The number of nitro groups is 1. The zero-order valence-corrected chi connectivity index (χ0v) is 14.8. The van der Waals surface area contributed by atoms with Gasteiger partial charge in [0.15, 0.2) is 0 Å². The van der Waals surface area contributed by atoms with Gasteiger partial charge in [-0.1, -0.05) is 11.6 Å². The van der Waals surface area contributed by atoms with Crippen LogP contribution in [-0.4, -0.2) is 38.6 Å². The van der Waals surface area contributed by atoms with Gasteiger partial charge < -0.3 is 9.52 Å². The Morgan fingerprint density at radius 2 is 2.07 bits per heavy atom. The van der Waals surface area contributed by atoms with Crippen molar-refractivity contribution in [3.8, 4) is 11.3 Å². The second kappa shape index (κ2) is 7.25. The Balaban J connectivity index is 1.91. The van der Waals surface area contributed by atoms with E-state index in [2.05, 4.69) is 0 Å². The largest absolute Gasteiger partial charge is 0.480 e. The first-order valence-corrected chi connectivity index (χ1v) is 8.47. The normalized spacial score (nSPS) is 15.6. The van der Waals surface area contributed by atoms with Crippen molar-refractivity contribution in [2.24, 2.45) is 0 Å². The van der Waals surface area contributed by atoms with Crippen molar-refractivity contribution in [2.75, 3.05) is 6.54 Å². The van der Waals surface area contributed by atoms with Crippen LogP contribution in [0.1, 0.15) is 5.76 Å². The number of imide groups is 1. The number of carbonyl (C=O) groups excluding carboxylic acids is 2. The van der Waals surface area contributed by atoms with Gasteiger partial charge in [0.1, 0.15) is 18.1 Å². The molecule has 27 heavy (non-hydrogen) atoms. The minimum absolute atomic E-state index is 0.00671. The summed E-state index contributed by atoms with van der Waals surface area (Å²) in [7, 11) is 0. The highest BCUT2D eigenvalue weighted by molar-refractivity contribution is 8.18. The van der Waals surface area contributed by atoms with Crippen LogP contribution in [0.15, 0.2) is 39.7 Å². The lowest BCUT2D eigenvalue weighted by atomic mass is 10.1. The lowest BCUT2D eigenvalue weighted by Crippen LogP contribution is -2.33. The summed E-state index contributed by atoms with van der Waals surface area (Å²) in [6, 6.07) is 7.05.